The molecule has 0 aliphatic carbocycles. The first-order valence-corrected chi connectivity index (χ1v) is 7.38. The van der Waals surface area contributed by atoms with E-state index in [2.05, 4.69) is 15.4 Å². The normalized spacial score (nSPS) is 11.2. The van der Waals surface area contributed by atoms with Gasteiger partial charge in [-0.1, -0.05) is 18.2 Å². The van der Waals surface area contributed by atoms with Gasteiger partial charge in [0.25, 0.3) is 0 Å². The van der Waals surface area contributed by atoms with Gasteiger partial charge in [0.2, 0.25) is 0 Å². The fraction of sp³-hybridized carbons (Fsp3) is 0.118. The maximum Gasteiger partial charge on any atom is 0.328 e. The number of carbonyl (C=O) groups is 1. The highest BCUT2D eigenvalue weighted by atomic mass is 16.4. The molecule has 1 aromatic carbocycles. The van der Waals surface area contributed by atoms with Crippen LogP contribution >= 0.6 is 0 Å². The molecule has 7 nitrogen and oxygen atoms in total. The molecule has 2 heterocycles. The summed E-state index contributed by atoms with van der Waals surface area (Å²) in [5, 5.41) is 24.9. The SMILES string of the molecule is O=C(O)/C=C/c1cccc(-c2cnn3ccc(NCCO)nc23)c1. The second-order valence-electron chi connectivity index (χ2n) is 5.09. The van der Waals surface area contributed by atoms with Gasteiger partial charge in [-0.15, -0.1) is 0 Å². The Balaban J connectivity index is 1.99. The Labute approximate surface area is 137 Å². The molecule has 3 N–H and O–H groups in total. The van der Waals surface area contributed by atoms with Crippen LogP contribution < -0.4 is 5.32 Å². The van der Waals surface area contributed by atoms with E-state index in [4.69, 9.17) is 10.2 Å². The van der Waals surface area contributed by atoms with Gasteiger partial charge in [-0.25, -0.2) is 14.3 Å². The molecule has 0 unspecified atom stereocenters. The Hall–Kier alpha value is -3.19. The fourth-order valence-electron chi connectivity index (χ4n) is 2.33. The van der Waals surface area contributed by atoms with E-state index >= 15 is 0 Å². The zero-order valence-electron chi connectivity index (χ0n) is 12.8. The standard InChI is InChI=1S/C17H16N4O3/c22-9-7-18-15-6-8-21-17(20-15)14(11-19-21)13-3-1-2-12(10-13)4-5-16(23)24/h1-6,8,10-11,22H,7,9H2,(H,18,20)(H,23,24)/b5-4+. The smallest absolute Gasteiger partial charge is 0.328 e. The van der Waals surface area contributed by atoms with Crippen molar-refractivity contribution in [1.29, 1.82) is 0 Å². The largest absolute Gasteiger partial charge is 0.478 e. The van der Waals surface area contributed by atoms with Gasteiger partial charge in [0, 0.05) is 24.4 Å². The Bertz CT molecular complexity index is 902. The molecule has 0 radical (unpaired) electrons. The predicted molar refractivity (Wildman–Crippen MR) is 90.7 cm³/mol. The van der Waals surface area contributed by atoms with E-state index in [1.165, 1.54) is 0 Å². The third-order valence-corrected chi connectivity index (χ3v) is 3.40. The molecular weight excluding hydrogens is 308 g/mol. The monoisotopic (exact) mass is 324 g/mol. The summed E-state index contributed by atoms with van der Waals surface area (Å²) in [6, 6.07) is 9.27. The second kappa shape index (κ2) is 6.93. The average Bonchev–Trinajstić information content (AvgIpc) is 3.01. The zero-order chi connectivity index (χ0) is 16.9. The minimum Gasteiger partial charge on any atom is -0.478 e. The van der Waals surface area contributed by atoms with E-state index in [0.717, 1.165) is 22.8 Å². The van der Waals surface area contributed by atoms with E-state index in [1.54, 1.807) is 29.1 Å². The summed E-state index contributed by atoms with van der Waals surface area (Å²) in [4.78, 5) is 15.2. The number of hydrogen-bond donors (Lipinski definition) is 3. The fourth-order valence-corrected chi connectivity index (χ4v) is 2.33. The summed E-state index contributed by atoms with van der Waals surface area (Å²) in [6.45, 7) is 0.444. The molecule has 0 bridgehead atoms. The third-order valence-electron chi connectivity index (χ3n) is 3.40. The minimum atomic E-state index is -0.988. The molecule has 2 aromatic heterocycles. The topological polar surface area (TPSA) is 99.8 Å². The number of rotatable bonds is 6. The van der Waals surface area contributed by atoms with E-state index in [1.807, 2.05) is 24.3 Å². The van der Waals surface area contributed by atoms with E-state index in [9.17, 15) is 4.79 Å². The second-order valence-corrected chi connectivity index (χ2v) is 5.09. The van der Waals surface area contributed by atoms with Crippen molar-refractivity contribution in [2.75, 3.05) is 18.5 Å². The lowest BCUT2D eigenvalue weighted by Gasteiger charge is -2.05. The van der Waals surface area contributed by atoms with Gasteiger partial charge in [0.05, 0.1) is 12.8 Å². The van der Waals surface area contributed by atoms with Crippen molar-refractivity contribution in [3.8, 4) is 11.1 Å². The van der Waals surface area contributed by atoms with Gasteiger partial charge in [0.1, 0.15) is 5.82 Å². The number of benzene rings is 1. The first kappa shape index (κ1) is 15.7. The van der Waals surface area contributed by atoms with Gasteiger partial charge in [-0.3, -0.25) is 0 Å². The molecule has 0 saturated heterocycles. The average molecular weight is 324 g/mol. The molecular formula is C17H16N4O3. The van der Waals surface area contributed by atoms with Crippen LogP contribution in [0.3, 0.4) is 0 Å². The molecule has 0 amide bonds. The summed E-state index contributed by atoms with van der Waals surface area (Å²) in [6.07, 6.45) is 6.15. The van der Waals surface area contributed by atoms with Crippen LogP contribution in [0, 0.1) is 0 Å². The van der Waals surface area contributed by atoms with Crippen molar-refractivity contribution in [3.63, 3.8) is 0 Å². The lowest BCUT2D eigenvalue weighted by Crippen LogP contribution is -2.07. The highest BCUT2D eigenvalue weighted by Gasteiger charge is 2.09. The van der Waals surface area contributed by atoms with Crippen LogP contribution in [0.4, 0.5) is 5.82 Å². The summed E-state index contributed by atoms with van der Waals surface area (Å²) in [5.41, 5.74) is 3.19. The van der Waals surface area contributed by atoms with Gasteiger partial charge in [0.15, 0.2) is 5.65 Å². The van der Waals surface area contributed by atoms with Gasteiger partial charge in [-0.2, -0.15) is 5.10 Å². The van der Waals surface area contributed by atoms with Gasteiger partial charge < -0.3 is 15.5 Å². The van der Waals surface area contributed by atoms with Crippen LogP contribution in [-0.2, 0) is 4.79 Å². The zero-order valence-corrected chi connectivity index (χ0v) is 12.8. The maximum absolute atomic E-state index is 10.6. The molecule has 3 rings (SSSR count). The highest BCUT2D eigenvalue weighted by Crippen LogP contribution is 2.25. The lowest BCUT2D eigenvalue weighted by atomic mass is 10.1. The van der Waals surface area contributed by atoms with E-state index < -0.39 is 5.97 Å². The van der Waals surface area contributed by atoms with Crippen LogP contribution in [-0.4, -0.2) is 43.9 Å². The lowest BCUT2D eigenvalue weighted by molar-refractivity contribution is -0.131. The van der Waals surface area contributed by atoms with Gasteiger partial charge in [-0.05, 0) is 29.3 Å². The van der Waals surface area contributed by atoms with Crippen molar-refractivity contribution in [2.24, 2.45) is 0 Å². The molecule has 0 atom stereocenters. The van der Waals surface area contributed by atoms with Crippen molar-refractivity contribution in [3.05, 3.63) is 54.4 Å². The summed E-state index contributed by atoms with van der Waals surface area (Å²) in [7, 11) is 0. The summed E-state index contributed by atoms with van der Waals surface area (Å²) < 4.78 is 1.67. The predicted octanol–water partition coefficient (Wildman–Crippen LogP) is 1.90. The van der Waals surface area contributed by atoms with Crippen molar-refractivity contribution in [1.82, 2.24) is 14.6 Å². The first-order chi connectivity index (χ1) is 11.7. The van der Waals surface area contributed by atoms with Crippen LogP contribution in [0.1, 0.15) is 5.56 Å². The van der Waals surface area contributed by atoms with E-state index in [0.29, 0.717) is 18.0 Å². The number of nitrogens with zero attached hydrogens (tertiary/aromatic N) is 3. The molecule has 0 spiro atoms. The number of aliphatic hydroxyl groups excluding tert-OH is 1. The van der Waals surface area contributed by atoms with Crippen LogP contribution in [0.15, 0.2) is 48.8 Å². The summed E-state index contributed by atoms with van der Waals surface area (Å²) >= 11 is 0. The Morgan fingerprint density at radius 3 is 3.00 bits per heavy atom. The van der Waals surface area contributed by atoms with Crippen molar-refractivity contribution in [2.45, 2.75) is 0 Å². The number of hydrogen-bond acceptors (Lipinski definition) is 5. The Kier molecular flexibility index (Phi) is 4.53. The number of carboxylic acids is 1. The molecule has 3 aromatic rings. The number of nitrogens with one attached hydrogen (secondary N) is 1. The molecule has 0 aliphatic heterocycles. The summed E-state index contributed by atoms with van der Waals surface area (Å²) in [5.74, 6) is -0.335. The number of aromatic nitrogens is 3. The number of anilines is 1. The van der Waals surface area contributed by atoms with Gasteiger partial charge >= 0.3 is 5.97 Å². The molecule has 24 heavy (non-hydrogen) atoms. The van der Waals surface area contributed by atoms with Crippen molar-refractivity contribution < 1.29 is 15.0 Å². The number of fused-ring (bicyclic) bond motifs is 1. The molecule has 122 valence electrons. The number of aliphatic hydroxyl groups is 1. The number of carboxylic acid groups (broad SMARTS) is 1. The Morgan fingerprint density at radius 1 is 1.33 bits per heavy atom. The van der Waals surface area contributed by atoms with Crippen LogP contribution in [0.5, 0.6) is 0 Å². The van der Waals surface area contributed by atoms with Crippen LogP contribution in [0.2, 0.25) is 0 Å². The van der Waals surface area contributed by atoms with Crippen molar-refractivity contribution >= 4 is 23.5 Å². The molecule has 0 saturated carbocycles. The highest BCUT2D eigenvalue weighted by molar-refractivity contribution is 5.86. The van der Waals surface area contributed by atoms with Crippen LogP contribution in [0.25, 0.3) is 22.9 Å². The third kappa shape index (κ3) is 3.41. The molecule has 0 aliphatic rings. The number of aliphatic carboxylic acids is 1. The quantitative estimate of drug-likeness (QED) is 0.599. The van der Waals surface area contributed by atoms with E-state index in [-0.39, 0.29) is 6.61 Å². The molecule has 0 fully saturated rings. The maximum atomic E-state index is 10.6. The Morgan fingerprint density at radius 2 is 2.21 bits per heavy atom. The minimum absolute atomic E-state index is 0.0247. The molecule has 7 heteroatoms. The first-order valence-electron chi connectivity index (χ1n) is 7.38.